The predicted octanol–water partition coefficient (Wildman–Crippen LogP) is -2.52. The summed E-state index contributed by atoms with van der Waals surface area (Å²) in [5.41, 5.74) is 9.81. The van der Waals surface area contributed by atoms with Crippen LogP contribution in [-0.2, 0) is 19.2 Å². The van der Waals surface area contributed by atoms with Gasteiger partial charge < -0.3 is 31.9 Å². The van der Waals surface area contributed by atoms with Gasteiger partial charge in [0.1, 0.15) is 0 Å². The van der Waals surface area contributed by atoms with E-state index in [0.29, 0.717) is 13.1 Å². The second kappa shape index (κ2) is 25.7. The molecule has 0 atom stereocenters. The fourth-order valence-electron chi connectivity index (χ4n) is 0.428. The Morgan fingerprint density at radius 1 is 0.545 bits per heavy atom. The van der Waals surface area contributed by atoms with E-state index in [1.54, 1.807) is 0 Å². The molecule has 0 rings (SSSR count). The molecule has 0 radical (unpaired) electrons. The van der Waals surface area contributed by atoms with Crippen LogP contribution >= 0.6 is 0 Å². The third-order valence-electron chi connectivity index (χ3n) is 1.27. The molecule has 0 heterocycles. The van der Waals surface area contributed by atoms with E-state index in [1.807, 2.05) is 0 Å². The van der Waals surface area contributed by atoms with E-state index in [9.17, 15) is 19.2 Å². The van der Waals surface area contributed by atoms with Gasteiger partial charge in [0.25, 0.3) is 0 Å². The first-order valence-corrected chi connectivity index (χ1v) is 5.44. The van der Waals surface area contributed by atoms with Crippen LogP contribution in [0.4, 0.5) is 0 Å². The summed E-state index contributed by atoms with van der Waals surface area (Å²) in [6.07, 6.45) is -1.19. The Labute approximate surface area is 171 Å². The summed E-state index contributed by atoms with van der Waals surface area (Å²) in [7, 11) is 0. The zero-order valence-electron chi connectivity index (χ0n) is 10.8. The molecule has 0 aromatic carbocycles. The van der Waals surface area contributed by atoms with Crippen molar-refractivity contribution < 1.29 is 39.6 Å². The van der Waals surface area contributed by atoms with E-state index < -0.39 is 23.9 Å². The van der Waals surface area contributed by atoms with Gasteiger partial charge in [0.15, 0.2) is 0 Å². The van der Waals surface area contributed by atoms with Gasteiger partial charge in [0, 0.05) is 13.1 Å². The van der Waals surface area contributed by atoms with Gasteiger partial charge in [-0.05, 0) is 0 Å². The standard InChI is InChI=1S/2C4H6O4.C2H8N2.2Na.2H/c2*5-3(6)1-2-4(7)8;3-1-2-4;;;;/h2*1-2H2,(H,5,6)(H,7,8);1-4H2;;;;. The molecule has 10 nitrogen and oxygen atoms in total. The normalized spacial score (nSPS) is 7.55. The summed E-state index contributed by atoms with van der Waals surface area (Å²) in [4.78, 5) is 38.6. The third kappa shape index (κ3) is 60.0. The zero-order valence-corrected chi connectivity index (χ0v) is 10.8. The Balaban J connectivity index is -0.0000000661. The first-order valence-electron chi connectivity index (χ1n) is 5.44. The topological polar surface area (TPSA) is 201 Å². The monoisotopic (exact) mass is 344 g/mol. The summed E-state index contributed by atoms with van der Waals surface area (Å²) >= 11 is 0. The Hall–Kier alpha value is -0.200. The summed E-state index contributed by atoms with van der Waals surface area (Å²) < 4.78 is 0. The Bertz CT molecular complexity index is 257. The van der Waals surface area contributed by atoms with Crippen LogP contribution in [0, 0.1) is 0 Å². The van der Waals surface area contributed by atoms with Gasteiger partial charge in [0.05, 0.1) is 25.7 Å². The predicted molar refractivity (Wildman–Crippen MR) is 81.4 cm³/mol. The minimum absolute atomic E-state index is 0. The van der Waals surface area contributed by atoms with E-state index >= 15 is 0 Å². The molecule has 0 aliphatic rings. The molecule has 0 aliphatic carbocycles. The van der Waals surface area contributed by atoms with Crippen LogP contribution in [0.2, 0.25) is 0 Å². The Kier molecular flexibility index (Phi) is 39.1. The summed E-state index contributed by atoms with van der Waals surface area (Å²) in [6.45, 7) is 1.19. The average molecular weight is 344 g/mol. The molecule has 0 bridgehead atoms. The van der Waals surface area contributed by atoms with Crippen molar-refractivity contribution in [1.82, 2.24) is 0 Å². The van der Waals surface area contributed by atoms with Crippen molar-refractivity contribution in [2.75, 3.05) is 13.1 Å². The summed E-state index contributed by atoms with van der Waals surface area (Å²) in [5, 5.41) is 31.6. The molecule has 0 aliphatic heterocycles. The van der Waals surface area contributed by atoms with E-state index in [2.05, 4.69) is 0 Å². The van der Waals surface area contributed by atoms with Crippen molar-refractivity contribution in [2.45, 2.75) is 25.7 Å². The van der Waals surface area contributed by atoms with Gasteiger partial charge in [-0.25, -0.2) is 0 Å². The third-order valence-corrected chi connectivity index (χ3v) is 1.27. The molecule has 0 spiro atoms. The first kappa shape index (κ1) is 33.4. The maximum absolute atomic E-state index is 9.64. The summed E-state index contributed by atoms with van der Waals surface area (Å²) in [5.74, 6) is -4.31. The molecule has 0 fully saturated rings. The van der Waals surface area contributed by atoms with Gasteiger partial charge in [-0.15, -0.1) is 0 Å². The molecule has 0 aromatic heterocycles. The molecule has 0 saturated heterocycles. The molecule has 12 heteroatoms. The van der Waals surface area contributed by atoms with Crippen molar-refractivity contribution in [3.05, 3.63) is 0 Å². The molecular formula is C10H22N2Na2O8. The molecule has 0 unspecified atom stereocenters. The van der Waals surface area contributed by atoms with Crippen LogP contribution in [-0.4, -0.2) is 117 Å². The van der Waals surface area contributed by atoms with E-state index in [1.165, 1.54) is 0 Å². The Morgan fingerprint density at radius 3 is 0.727 bits per heavy atom. The maximum atomic E-state index is 9.64. The molecule has 0 amide bonds. The van der Waals surface area contributed by atoms with Crippen molar-refractivity contribution in [3.8, 4) is 0 Å². The second-order valence-corrected chi connectivity index (χ2v) is 3.15. The number of rotatable bonds is 7. The number of aliphatic carboxylic acids is 4. The van der Waals surface area contributed by atoms with Crippen molar-refractivity contribution in [2.24, 2.45) is 11.5 Å². The van der Waals surface area contributed by atoms with Gasteiger partial charge in [0.2, 0.25) is 0 Å². The van der Waals surface area contributed by atoms with Gasteiger partial charge in [-0.1, -0.05) is 0 Å². The SMILES string of the molecule is NCCN.O=C(O)CCC(=O)O.O=C(O)CCC(=O)O.[NaH].[NaH]. The Morgan fingerprint density at radius 2 is 0.682 bits per heavy atom. The van der Waals surface area contributed by atoms with Crippen molar-refractivity contribution in [1.29, 1.82) is 0 Å². The second-order valence-electron chi connectivity index (χ2n) is 3.15. The number of hydrogen-bond donors (Lipinski definition) is 6. The quantitative estimate of drug-likeness (QED) is 0.267. The number of nitrogens with two attached hydrogens (primary N) is 2. The molecule has 22 heavy (non-hydrogen) atoms. The zero-order chi connectivity index (χ0) is 16.6. The molecule has 8 N–H and O–H groups in total. The molecule has 122 valence electrons. The van der Waals surface area contributed by atoms with Crippen LogP contribution in [0.25, 0.3) is 0 Å². The number of carbonyl (C=O) groups is 4. The fourth-order valence-corrected chi connectivity index (χ4v) is 0.428. The van der Waals surface area contributed by atoms with Crippen LogP contribution in [0.5, 0.6) is 0 Å². The first-order chi connectivity index (χ1) is 9.17. The van der Waals surface area contributed by atoms with Gasteiger partial charge in [-0.3, -0.25) is 19.2 Å². The van der Waals surface area contributed by atoms with Gasteiger partial charge in [-0.2, -0.15) is 0 Å². The number of carboxylic acid groups (broad SMARTS) is 4. The van der Waals surface area contributed by atoms with Gasteiger partial charge >= 0.3 is 83.0 Å². The van der Waals surface area contributed by atoms with E-state index in [0.717, 1.165) is 0 Å². The van der Waals surface area contributed by atoms with Crippen LogP contribution in [0.15, 0.2) is 0 Å². The number of carboxylic acids is 4. The van der Waals surface area contributed by atoms with Crippen LogP contribution in [0.3, 0.4) is 0 Å². The summed E-state index contributed by atoms with van der Waals surface area (Å²) in [6, 6.07) is 0. The van der Waals surface area contributed by atoms with Crippen LogP contribution in [0.1, 0.15) is 25.7 Å². The van der Waals surface area contributed by atoms with E-state index in [-0.39, 0.29) is 84.8 Å². The average Bonchev–Trinajstić information content (AvgIpc) is 2.35. The number of hydrogen-bond acceptors (Lipinski definition) is 6. The van der Waals surface area contributed by atoms with Crippen LogP contribution < -0.4 is 11.5 Å². The molecule has 0 saturated carbocycles. The van der Waals surface area contributed by atoms with Crippen molar-refractivity contribution >= 4 is 83.0 Å². The van der Waals surface area contributed by atoms with Crippen molar-refractivity contribution in [3.63, 3.8) is 0 Å². The molecular weight excluding hydrogens is 322 g/mol. The minimum atomic E-state index is -1.08. The fraction of sp³-hybridized carbons (Fsp3) is 0.600. The van der Waals surface area contributed by atoms with E-state index in [4.69, 9.17) is 31.9 Å². The molecule has 0 aromatic rings.